The molecule has 0 saturated heterocycles. The zero-order valence-corrected chi connectivity index (χ0v) is 6.30. The van der Waals surface area contributed by atoms with Crippen LogP contribution in [0.15, 0.2) is 0 Å². The van der Waals surface area contributed by atoms with Gasteiger partial charge in [0.1, 0.15) is 0 Å². The van der Waals surface area contributed by atoms with Crippen LogP contribution in [-0.2, 0) is 0 Å². The van der Waals surface area contributed by atoms with E-state index in [1.807, 2.05) is 0 Å². The van der Waals surface area contributed by atoms with Crippen molar-refractivity contribution in [1.29, 1.82) is 0 Å². The van der Waals surface area contributed by atoms with Crippen LogP contribution in [-0.4, -0.2) is 21.4 Å². The van der Waals surface area contributed by atoms with Crippen LogP contribution in [0.5, 0.6) is 0 Å². The molecule has 0 aromatic carbocycles. The molecular weight excluding hydrogens is 128 g/mol. The third-order valence-electron chi connectivity index (χ3n) is 3.28. The van der Waals surface area contributed by atoms with Crippen LogP contribution in [0.1, 0.15) is 32.6 Å². The van der Waals surface area contributed by atoms with Gasteiger partial charge in [0.2, 0.25) is 0 Å². The topological polar surface area (TPSA) is 40.5 Å². The second-order valence-corrected chi connectivity index (χ2v) is 4.12. The first-order valence-corrected chi connectivity index (χ1v) is 3.98. The van der Waals surface area contributed by atoms with Crippen molar-refractivity contribution in [3.8, 4) is 0 Å². The fourth-order valence-corrected chi connectivity index (χ4v) is 2.54. The lowest BCUT2D eigenvalue weighted by molar-refractivity contribution is -0.125. The molecule has 0 radical (unpaired) electrons. The van der Waals surface area contributed by atoms with Crippen molar-refractivity contribution in [3.05, 3.63) is 0 Å². The Labute approximate surface area is 60.9 Å². The average Bonchev–Trinajstić information content (AvgIpc) is 2.18. The van der Waals surface area contributed by atoms with E-state index in [-0.39, 0.29) is 0 Å². The SMILES string of the molecule is CC1(O)CC2CCC1(O)C2. The lowest BCUT2D eigenvalue weighted by atomic mass is 9.82. The molecule has 2 rings (SSSR count). The van der Waals surface area contributed by atoms with Crippen LogP contribution in [0.4, 0.5) is 0 Å². The summed E-state index contributed by atoms with van der Waals surface area (Å²) in [7, 11) is 0. The monoisotopic (exact) mass is 142 g/mol. The van der Waals surface area contributed by atoms with Gasteiger partial charge < -0.3 is 10.2 Å². The summed E-state index contributed by atoms with van der Waals surface area (Å²) >= 11 is 0. The Morgan fingerprint density at radius 2 is 2.00 bits per heavy atom. The standard InChI is InChI=1S/C8H14O2/c1-7(9)4-6-2-3-8(7,10)5-6/h6,9-10H,2-5H2,1H3. The van der Waals surface area contributed by atoms with Gasteiger partial charge in [-0.3, -0.25) is 0 Å². The Morgan fingerprint density at radius 3 is 2.20 bits per heavy atom. The molecule has 0 amide bonds. The van der Waals surface area contributed by atoms with E-state index in [1.54, 1.807) is 6.92 Å². The van der Waals surface area contributed by atoms with Crippen molar-refractivity contribution < 1.29 is 10.2 Å². The predicted molar refractivity (Wildman–Crippen MR) is 37.5 cm³/mol. The molecule has 58 valence electrons. The van der Waals surface area contributed by atoms with Crippen LogP contribution >= 0.6 is 0 Å². The Morgan fingerprint density at radius 1 is 1.30 bits per heavy atom. The van der Waals surface area contributed by atoms with Gasteiger partial charge in [0.25, 0.3) is 0 Å². The maximum Gasteiger partial charge on any atom is 0.0933 e. The summed E-state index contributed by atoms with van der Waals surface area (Å²) in [5, 5.41) is 19.5. The Kier molecular flexibility index (Phi) is 1.03. The lowest BCUT2D eigenvalue weighted by Crippen LogP contribution is -2.47. The molecule has 2 aliphatic carbocycles. The summed E-state index contributed by atoms with van der Waals surface area (Å²) in [5.74, 6) is 0.583. The van der Waals surface area contributed by atoms with Crippen molar-refractivity contribution in [2.45, 2.75) is 43.8 Å². The van der Waals surface area contributed by atoms with Crippen molar-refractivity contribution in [3.63, 3.8) is 0 Å². The van der Waals surface area contributed by atoms with Crippen LogP contribution < -0.4 is 0 Å². The smallest absolute Gasteiger partial charge is 0.0933 e. The van der Waals surface area contributed by atoms with Crippen molar-refractivity contribution >= 4 is 0 Å². The Balaban J connectivity index is 2.31. The van der Waals surface area contributed by atoms with Crippen LogP contribution in [0.25, 0.3) is 0 Å². The summed E-state index contributed by atoms with van der Waals surface area (Å²) in [4.78, 5) is 0. The van der Waals surface area contributed by atoms with E-state index in [2.05, 4.69) is 0 Å². The van der Waals surface area contributed by atoms with E-state index in [1.165, 1.54) is 0 Å². The highest BCUT2D eigenvalue weighted by Crippen LogP contribution is 2.53. The molecule has 2 fully saturated rings. The molecule has 0 aliphatic heterocycles. The minimum absolute atomic E-state index is 0.583. The molecule has 0 aromatic heterocycles. The minimum atomic E-state index is -0.796. The number of fused-ring (bicyclic) bond motifs is 2. The van der Waals surface area contributed by atoms with Gasteiger partial charge >= 0.3 is 0 Å². The zero-order valence-electron chi connectivity index (χ0n) is 6.30. The van der Waals surface area contributed by atoms with E-state index in [4.69, 9.17) is 0 Å². The average molecular weight is 142 g/mol. The molecule has 2 bridgehead atoms. The van der Waals surface area contributed by atoms with Crippen LogP contribution in [0.2, 0.25) is 0 Å². The maximum atomic E-state index is 9.82. The predicted octanol–water partition coefficient (Wildman–Crippen LogP) is 0.672. The molecule has 10 heavy (non-hydrogen) atoms. The van der Waals surface area contributed by atoms with E-state index >= 15 is 0 Å². The first-order valence-electron chi connectivity index (χ1n) is 3.98. The van der Waals surface area contributed by atoms with Gasteiger partial charge in [0.15, 0.2) is 0 Å². The van der Waals surface area contributed by atoms with Gasteiger partial charge in [-0.25, -0.2) is 0 Å². The zero-order chi connectivity index (χ0) is 7.41. The molecule has 0 aromatic rings. The number of hydrogen-bond acceptors (Lipinski definition) is 2. The van der Waals surface area contributed by atoms with Gasteiger partial charge in [0, 0.05) is 0 Å². The summed E-state index contributed by atoms with van der Waals surface area (Å²) in [6, 6.07) is 0. The molecule has 0 spiro atoms. The third kappa shape index (κ3) is 0.611. The molecule has 2 N–H and O–H groups in total. The van der Waals surface area contributed by atoms with E-state index < -0.39 is 11.2 Å². The van der Waals surface area contributed by atoms with Gasteiger partial charge in [0.05, 0.1) is 11.2 Å². The van der Waals surface area contributed by atoms with Crippen LogP contribution in [0, 0.1) is 5.92 Å². The summed E-state index contributed by atoms with van der Waals surface area (Å²) in [6.45, 7) is 1.76. The number of rotatable bonds is 0. The molecule has 3 atom stereocenters. The highest BCUT2D eigenvalue weighted by atomic mass is 16.4. The highest BCUT2D eigenvalue weighted by Gasteiger charge is 2.57. The molecule has 2 nitrogen and oxygen atoms in total. The minimum Gasteiger partial charge on any atom is -0.387 e. The highest BCUT2D eigenvalue weighted by molar-refractivity contribution is 5.10. The van der Waals surface area contributed by atoms with Gasteiger partial charge in [-0.05, 0) is 38.5 Å². The second-order valence-electron chi connectivity index (χ2n) is 4.12. The fraction of sp³-hybridized carbons (Fsp3) is 1.00. The van der Waals surface area contributed by atoms with E-state index in [0.717, 1.165) is 25.7 Å². The third-order valence-corrected chi connectivity index (χ3v) is 3.28. The fourth-order valence-electron chi connectivity index (χ4n) is 2.54. The number of aliphatic hydroxyl groups is 2. The summed E-state index contributed by atoms with van der Waals surface area (Å²) < 4.78 is 0. The Hall–Kier alpha value is -0.0800. The molecule has 0 heterocycles. The second kappa shape index (κ2) is 1.56. The largest absolute Gasteiger partial charge is 0.387 e. The molecule has 2 aliphatic rings. The van der Waals surface area contributed by atoms with E-state index in [9.17, 15) is 10.2 Å². The van der Waals surface area contributed by atoms with Crippen molar-refractivity contribution in [1.82, 2.24) is 0 Å². The molecular formula is C8H14O2. The maximum absolute atomic E-state index is 9.82. The molecule has 2 heteroatoms. The quantitative estimate of drug-likeness (QED) is 0.522. The molecule has 2 saturated carbocycles. The van der Waals surface area contributed by atoms with Gasteiger partial charge in [-0.2, -0.15) is 0 Å². The molecule has 3 unspecified atom stereocenters. The summed E-state index contributed by atoms with van der Waals surface area (Å²) in [5.41, 5.74) is -1.53. The first kappa shape index (κ1) is 6.62. The van der Waals surface area contributed by atoms with Gasteiger partial charge in [-0.1, -0.05) is 0 Å². The number of hydrogen-bond donors (Lipinski definition) is 2. The first-order chi connectivity index (χ1) is 4.54. The Bertz CT molecular complexity index is 163. The van der Waals surface area contributed by atoms with Crippen molar-refractivity contribution in [2.24, 2.45) is 5.92 Å². The lowest BCUT2D eigenvalue weighted by Gasteiger charge is -2.35. The van der Waals surface area contributed by atoms with Gasteiger partial charge in [-0.15, -0.1) is 0 Å². The summed E-state index contributed by atoms with van der Waals surface area (Å²) in [6.07, 6.45) is 3.51. The normalized spacial score (nSPS) is 59.7. The van der Waals surface area contributed by atoms with Crippen molar-refractivity contribution in [2.75, 3.05) is 0 Å². The van der Waals surface area contributed by atoms with Crippen LogP contribution in [0.3, 0.4) is 0 Å². The van der Waals surface area contributed by atoms with E-state index in [0.29, 0.717) is 5.92 Å².